The molecule has 0 saturated carbocycles. The van der Waals surface area contributed by atoms with Gasteiger partial charge in [-0.05, 0) is 44.0 Å². The van der Waals surface area contributed by atoms with E-state index in [9.17, 15) is 5.11 Å². The zero-order chi connectivity index (χ0) is 15.5. The van der Waals surface area contributed by atoms with Gasteiger partial charge in [0.2, 0.25) is 0 Å². The standard InChI is InChI=1S/C17H24N2O2/c1-5-13(2)19-11-10-15(18-19)12-17(3,20)14-6-8-16(21-4)9-7-14/h6-11,13,20H,5,12H2,1-4H3. The van der Waals surface area contributed by atoms with Crippen LogP contribution in [0.15, 0.2) is 36.5 Å². The first kappa shape index (κ1) is 15.6. The zero-order valence-corrected chi connectivity index (χ0v) is 13.2. The van der Waals surface area contributed by atoms with E-state index < -0.39 is 5.60 Å². The number of hydrogen-bond donors (Lipinski definition) is 1. The van der Waals surface area contributed by atoms with Gasteiger partial charge in [0.1, 0.15) is 5.75 Å². The normalized spacial score (nSPS) is 15.5. The van der Waals surface area contributed by atoms with Crippen LogP contribution in [0.1, 0.15) is 44.5 Å². The number of aromatic nitrogens is 2. The smallest absolute Gasteiger partial charge is 0.118 e. The highest BCUT2D eigenvalue weighted by Crippen LogP contribution is 2.26. The average Bonchev–Trinajstić information content (AvgIpc) is 2.94. The molecule has 4 nitrogen and oxygen atoms in total. The predicted octanol–water partition coefficient (Wildman–Crippen LogP) is 3.31. The fourth-order valence-electron chi connectivity index (χ4n) is 2.31. The van der Waals surface area contributed by atoms with E-state index in [0.717, 1.165) is 23.4 Å². The van der Waals surface area contributed by atoms with Crippen LogP contribution in [0, 0.1) is 0 Å². The lowest BCUT2D eigenvalue weighted by Crippen LogP contribution is -2.24. The van der Waals surface area contributed by atoms with E-state index in [2.05, 4.69) is 18.9 Å². The third-order valence-electron chi connectivity index (χ3n) is 3.94. The van der Waals surface area contributed by atoms with Crippen LogP contribution in [0.3, 0.4) is 0 Å². The number of methoxy groups -OCH3 is 1. The summed E-state index contributed by atoms with van der Waals surface area (Å²) in [6.45, 7) is 6.09. The number of rotatable bonds is 6. The first-order valence-corrected chi connectivity index (χ1v) is 7.37. The van der Waals surface area contributed by atoms with E-state index in [4.69, 9.17) is 4.74 Å². The van der Waals surface area contributed by atoms with E-state index in [-0.39, 0.29) is 0 Å². The molecule has 0 aliphatic rings. The molecule has 1 heterocycles. The SMILES string of the molecule is CCC(C)n1ccc(CC(C)(O)c2ccc(OC)cc2)n1. The summed E-state index contributed by atoms with van der Waals surface area (Å²) in [6.07, 6.45) is 3.51. The van der Waals surface area contributed by atoms with Gasteiger partial charge in [-0.25, -0.2) is 0 Å². The molecule has 0 radical (unpaired) electrons. The molecule has 1 aromatic carbocycles. The highest BCUT2D eigenvalue weighted by Gasteiger charge is 2.25. The van der Waals surface area contributed by atoms with Gasteiger partial charge < -0.3 is 9.84 Å². The molecule has 0 amide bonds. The predicted molar refractivity (Wildman–Crippen MR) is 83.5 cm³/mol. The third kappa shape index (κ3) is 3.64. The molecule has 0 spiro atoms. The highest BCUT2D eigenvalue weighted by molar-refractivity contribution is 5.31. The molecule has 0 fully saturated rings. The average molecular weight is 288 g/mol. The second-order valence-corrected chi connectivity index (χ2v) is 5.72. The van der Waals surface area contributed by atoms with Crippen LogP contribution < -0.4 is 4.74 Å². The van der Waals surface area contributed by atoms with Gasteiger partial charge in [0.05, 0.1) is 18.4 Å². The summed E-state index contributed by atoms with van der Waals surface area (Å²) in [7, 11) is 1.63. The fourth-order valence-corrected chi connectivity index (χ4v) is 2.31. The van der Waals surface area contributed by atoms with Crippen molar-refractivity contribution in [2.75, 3.05) is 7.11 Å². The topological polar surface area (TPSA) is 47.3 Å². The van der Waals surface area contributed by atoms with Crippen LogP contribution in [0.25, 0.3) is 0 Å². The Labute approximate surface area is 126 Å². The van der Waals surface area contributed by atoms with E-state index in [1.54, 1.807) is 7.11 Å². The number of aliphatic hydroxyl groups is 1. The van der Waals surface area contributed by atoms with Crippen molar-refractivity contribution < 1.29 is 9.84 Å². The molecule has 1 aromatic heterocycles. The summed E-state index contributed by atoms with van der Waals surface area (Å²) in [6, 6.07) is 9.87. The van der Waals surface area contributed by atoms with Crippen molar-refractivity contribution in [1.82, 2.24) is 9.78 Å². The second-order valence-electron chi connectivity index (χ2n) is 5.72. The molecule has 4 heteroatoms. The van der Waals surface area contributed by atoms with Crippen LogP contribution in [-0.4, -0.2) is 22.0 Å². The summed E-state index contributed by atoms with van der Waals surface area (Å²) in [5.41, 5.74) is 0.818. The summed E-state index contributed by atoms with van der Waals surface area (Å²) in [5, 5.41) is 15.3. The largest absolute Gasteiger partial charge is 0.497 e. The molecule has 2 aromatic rings. The number of benzene rings is 1. The molecule has 2 atom stereocenters. The Morgan fingerprint density at radius 1 is 1.29 bits per heavy atom. The van der Waals surface area contributed by atoms with Crippen molar-refractivity contribution in [2.45, 2.75) is 45.3 Å². The first-order chi connectivity index (χ1) is 9.96. The Morgan fingerprint density at radius 2 is 1.95 bits per heavy atom. The van der Waals surface area contributed by atoms with Crippen LogP contribution >= 0.6 is 0 Å². The number of hydrogen-bond acceptors (Lipinski definition) is 3. The molecule has 114 valence electrons. The monoisotopic (exact) mass is 288 g/mol. The highest BCUT2D eigenvalue weighted by atomic mass is 16.5. The molecule has 2 unspecified atom stereocenters. The lowest BCUT2D eigenvalue weighted by molar-refractivity contribution is 0.0563. The fraction of sp³-hybridized carbons (Fsp3) is 0.471. The quantitative estimate of drug-likeness (QED) is 0.887. The summed E-state index contributed by atoms with van der Waals surface area (Å²) in [5.74, 6) is 0.788. The van der Waals surface area contributed by atoms with Crippen LogP contribution in [-0.2, 0) is 12.0 Å². The van der Waals surface area contributed by atoms with Crippen molar-refractivity contribution >= 4 is 0 Å². The van der Waals surface area contributed by atoms with Gasteiger partial charge in [0, 0.05) is 18.7 Å². The Kier molecular flexibility index (Phi) is 4.68. The van der Waals surface area contributed by atoms with E-state index in [1.807, 2.05) is 48.1 Å². The van der Waals surface area contributed by atoms with E-state index >= 15 is 0 Å². The molecule has 21 heavy (non-hydrogen) atoms. The minimum Gasteiger partial charge on any atom is -0.497 e. The van der Waals surface area contributed by atoms with Crippen LogP contribution in [0.2, 0.25) is 0 Å². The summed E-state index contributed by atoms with van der Waals surface area (Å²) >= 11 is 0. The van der Waals surface area contributed by atoms with E-state index in [0.29, 0.717) is 12.5 Å². The van der Waals surface area contributed by atoms with Gasteiger partial charge in [0.15, 0.2) is 0 Å². The summed E-state index contributed by atoms with van der Waals surface area (Å²) in [4.78, 5) is 0. The third-order valence-corrected chi connectivity index (χ3v) is 3.94. The summed E-state index contributed by atoms with van der Waals surface area (Å²) < 4.78 is 7.10. The number of ether oxygens (including phenoxy) is 1. The Bertz CT molecular complexity index is 573. The minimum absolute atomic E-state index is 0.379. The maximum absolute atomic E-state index is 10.7. The maximum atomic E-state index is 10.7. The van der Waals surface area contributed by atoms with Gasteiger partial charge in [-0.2, -0.15) is 5.10 Å². The lowest BCUT2D eigenvalue weighted by Gasteiger charge is -2.23. The van der Waals surface area contributed by atoms with Gasteiger partial charge in [-0.3, -0.25) is 4.68 Å². The molecule has 0 bridgehead atoms. The van der Waals surface area contributed by atoms with Crippen molar-refractivity contribution in [2.24, 2.45) is 0 Å². The van der Waals surface area contributed by atoms with Crippen molar-refractivity contribution in [3.8, 4) is 5.75 Å². The molecule has 0 aliphatic carbocycles. The lowest BCUT2D eigenvalue weighted by atomic mass is 9.91. The van der Waals surface area contributed by atoms with Gasteiger partial charge in [-0.1, -0.05) is 19.1 Å². The van der Waals surface area contributed by atoms with Gasteiger partial charge in [0.25, 0.3) is 0 Å². The molecule has 0 aliphatic heterocycles. The maximum Gasteiger partial charge on any atom is 0.118 e. The molecular weight excluding hydrogens is 264 g/mol. The zero-order valence-electron chi connectivity index (χ0n) is 13.2. The van der Waals surface area contributed by atoms with Crippen molar-refractivity contribution in [3.05, 3.63) is 47.8 Å². The molecule has 2 rings (SSSR count). The van der Waals surface area contributed by atoms with Gasteiger partial charge >= 0.3 is 0 Å². The Hall–Kier alpha value is -1.81. The number of nitrogens with zero attached hydrogens (tertiary/aromatic N) is 2. The van der Waals surface area contributed by atoms with Gasteiger partial charge in [-0.15, -0.1) is 0 Å². The minimum atomic E-state index is -0.944. The molecule has 1 N–H and O–H groups in total. The van der Waals surface area contributed by atoms with Crippen molar-refractivity contribution in [3.63, 3.8) is 0 Å². The molecule has 0 saturated heterocycles. The first-order valence-electron chi connectivity index (χ1n) is 7.37. The Morgan fingerprint density at radius 3 is 2.52 bits per heavy atom. The van der Waals surface area contributed by atoms with Crippen molar-refractivity contribution in [1.29, 1.82) is 0 Å². The Balaban J connectivity index is 2.14. The second kappa shape index (κ2) is 6.31. The van der Waals surface area contributed by atoms with Crippen LogP contribution in [0.4, 0.5) is 0 Å². The molecular formula is C17H24N2O2. The van der Waals surface area contributed by atoms with E-state index in [1.165, 1.54) is 0 Å². The van der Waals surface area contributed by atoms with Crippen LogP contribution in [0.5, 0.6) is 5.75 Å².